The molecule has 0 unspecified atom stereocenters. The summed E-state index contributed by atoms with van der Waals surface area (Å²) in [6.45, 7) is 3.18. The normalized spacial score (nSPS) is 12.7. The smallest absolute Gasteiger partial charge is 0.240 e. The molecule has 6 nitrogen and oxygen atoms in total. The Kier molecular flexibility index (Phi) is 7.38. The van der Waals surface area contributed by atoms with Crippen LogP contribution in [0.1, 0.15) is 12.5 Å². The average Bonchev–Trinajstić information content (AvgIpc) is 3.18. The lowest BCUT2D eigenvalue weighted by molar-refractivity contribution is 0.537. The van der Waals surface area contributed by atoms with Crippen molar-refractivity contribution in [2.45, 2.75) is 24.3 Å². The number of thiazole rings is 1. The molecule has 2 N–H and O–H groups in total. The van der Waals surface area contributed by atoms with Crippen molar-refractivity contribution in [1.29, 1.82) is 0 Å². The maximum atomic E-state index is 12.7. The molecule has 2 aromatic carbocycles. The van der Waals surface area contributed by atoms with Gasteiger partial charge in [0.05, 0.1) is 20.6 Å². The zero-order valence-electron chi connectivity index (χ0n) is 16.4. The molecule has 0 aliphatic heterocycles. The first-order valence-corrected chi connectivity index (χ1v) is 11.8. The molecule has 0 saturated heterocycles. The van der Waals surface area contributed by atoms with Crippen LogP contribution >= 0.6 is 23.7 Å². The summed E-state index contributed by atoms with van der Waals surface area (Å²) in [5.41, 5.74) is 4.10. The molecule has 0 amide bonds. The molecule has 0 aliphatic carbocycles. The average molecular weight is 463 g/mol. The lowest BCUT2D eigenvalue weighted by Crippen LogP contribution is -2.40. The van der Waals surface area contributed by atoms with Crippen molar-refractivity contribution in [2.75, 3.05) is 13.1 Å². The van der Waals surface area contributed by atoms with Crippen molar-refractivity contribution >= 4 is 54.8 Å². The van der Waals surface area contributed by atoms with Crippen LogP contribution in [0.2, 0.25) is 0 Å². The van der Waals surface area contributed by atoms with E-state index in [0.29, 0.717) is 6.54 Å². The fourth-order valence-electron chi connectivity index (χ4n) is 3.21. The van der Waals surface area contributed by atoms with Gasteiger partial charge in [-0.05, 0) is 61.2 Å². The molecule has 0 spiro atoms. The molecule has 0 saturated carbocycles. The summed E-state index contributed by atoms with van der Waals surface area (Å²) in [4.78, 5) is 8.66. The standard InChI is InChI=1S/C21H22N4O2S2.ClH/c1-15(12-22-8-6-16-2-5-21-20(10-16)24-14-28-21)25-29(26,27)19-4-3-18-13-23-9-7-17(18)11-19;/h2-5,7,9-11,13-15,22,25H,6,8,12H2,1H3;1H/t15-;/m1./s1. The van der Waals surface area contributed by atoms with Gasteiger partial charge in [-0.2, -0.15) is 0 Å². The molecule has 2 heterocycles. The Labute approximate surface area is 186 Å². The summed E-state index contributed by atoms with van der Waals surface area (Å²) in [7, 11) is -3.58. The number of nitrogens with zero attached hydrogens (tertiary/aromatic N) is 2. The predicted molar refractivity (Wildman–Crippen MR) is 125 cm³/mol. The summed E-state index contributed by atoms with van der Waals surface area (Å²) >= 11 is 1.64. The minimum absolute atomic E-state index is 0. The van der Waals surface area contributed by atoms with Crippen LogP contribution < -0.4 is 10.0 Å². The fraction of sp³-hybridized carbons (Fsp3) is 0.238. The van der Waals surface area contributed by atoms with Gasteiger partial charge < -0.3 is 5.32 Å². The molecular formula is C21H23ClN4O2S2. The van der Waals surface area contributed by atoms with Crippen molar-refractivity contribution in [3.8, 4) is 0 Å². The van der Waals surface area contributed by atoms with Crippen LogP contribution in [0.25, 0.3) is 21.0 Å². The molecule has 0 bridgehead atoms. The lowest BCUT2D eigenvalue weighted by atomic mass is 10.1. The van der Waals surface area contributed by atoms with Crippen molar-refractivity contribution in [2.24, 2.45) is 0 Å². The number of sulfonamides is 1. The Hall–Kier alpha value is -2.10. The second kappa shape index (κ2) is 9.80. The van der Waals surface area contributed by atoms with Crippen LogP contribution in [-0.4, -0.2) is 37.5 Å². The quantitative estimate of drug-likeness (QED) is 0.389. The Morgan fingerprint density at radius 2 is 1.97 bits per heavy atom. The van der Waals surface area contributed by atoms with E-state index >= 15 is 0 Å². The Balaban J connectivity index is 0.00000256. The summed E-state index contributed by atoms with van der Waals surface area (Å²) in [5, 5.41) is 5.09. The number of aromatic nitrogens is 2. The molecule has 0 fully saturated rings. The van der Waals surface area contributed by atoms with Crippen LogP contribution in [0, 0.1) is 0 Å². The highest BCUT2D eigenvalue weighted by Crippen LogP contribution is 2.19. The van der Waals surface area contributed by atoms with Crippen LogP contribution in [0.3, 0.4) is 0 Å². The number of hydrogen-bond acceptors (Lipinski definition) is 6. The third-order valence-corrected chi connectivity index (χ3v) is 7.11. The van der Waals surface area contributed by atoms with Gasteiger partial charge in [-0.3, -0.25) is 4.98 Å². The van der Waals surface area contributed by atoms with Crippen LogP contribution in [0.5, 0.6) is 0 Å². The van der Waals surface area contributed by atoms with Gasteiger partial charge in [-0.15, -0.1) is 23.7 Å². The molecule has 2 aromatic heterocycles. The predicted octanol–water partition coefficient (Wildman–Crippen LogP) is 3.77. The van der Waals surface area contributed by atoms with Crippen molar-refractivity contribution in [3.63, 3.8) is 0 Å². The van der Waals surface area contributed by atoms with E-state index in [0.717, 1.165) is 29.3 Å². The Morgan fingerprint density at radius 3 is 2.83 bits per heavy atom. The SMILES string of the molecule is C[C@H](CNCCc1ccc2scnc2c1)NS(=O)(=O)c1ccc2cnccc2c1.Cl. The summed E-state index contributed by atoms with van der Waals surface area (Å²) in [6.07, 6.45) is 4.24. The van der Waals surface area contributed by atoms with Gasteiger partial charge in [0.2, 0.25) is 10.0 Å². The second-order valence-corrected chi connectivity index (χ2v) is 9.62. The summed E-state index contributed by atoms with van der Waals surface area (Å²) < 4.78 is 29.3. The molecular weight excluding hydrogens is 440 g/mol. The van der Waals surface area contributed by atoms with Gasteiger partial charge in [-0.25, -0.2) is 18.1 Å². The summed E-state index contributed by atoms with van der Waals surface area (Å²) in [6, 6.07) is 13.0. The minimum Gasteiger partial charge on any atom is -0.315 e. The number of halogens is 1. The molecule has 1 atom stereocenters. The highest BCUT2D eigenvalue weighted by Gasteiger charge is 2.17. The monoisotopic (exact) mass is 462 g/mol. The van der Waals surface area contributed by atoms with Crippen LogP contribution in [0.4, 0.5) is 0 Å². The molecule has 9 heteroatoms. The van der Waals surface area contributed by atoms with Gasteiger partial charge in [0.1, 0.15) is 0 Å². The van der Waals surface area contributed by atoms with E-state index in [1.165, 1.54) is 10.3 Å². The van der Waals surface area contributed by atoms with Gasteiger partial charge in [0.15, 0.2) is 0 Å². The lowest BCUT2D eigenvalue weighted by Gasteiger charge is -2.15. The van der Waals surface area contributed by atoms with Crippen LogP contribution in [-0.2, 0) is 16.4 Å². The largest absolute Gasteiger partial charge is 0.315 e. The molecule has 0 radical (unpaired) electrons. The molecule has 4 aromatic rings. The number of rotatable bonds is 8. The Morgan fingerprint density at radius 1 is 1.10 bits per heavy atom. The third kappa shape index (κ3) is 5.33. The van der Waals surface area contributed by atoms with Crippen molar-refractivity contribution < 1.29 is 8.42 Å². The van der Waals surface area contributed by atoms with Gasteiger partial charge in [0.25, 0.3) is 0 Å². The Bertz CT molecular complexity index is 1240. The van der Waals surface area contributed by atoms with Gasteiger partial charge >= 0.3 is 0 Å². The van der Waals surface area contributed by atoms with Crippen molar-refractivity contribution in [3.05, 3.63) is 65.9 Å². The van der Waals surface area contributed by atoms with E-state index in [-0.39, 0.29) is 23.3 Å². The van der Waals surface area contributed by atoms with E-state index < -0.39 is 10.0 Å². The van der Waals surface area contributed by atoms with E-state index in [2.05, 4.69) is 38.2 Å². The second-order valence-electron chi connectivity index (χ2n) is 7.02. The number of pyridine rings is 1. The first-order chi connectivity index (χ1) is 14.0. The first kappa shape index (κ1) is 22.6. The van der Waals surface area contributed by atoms with E-state index in [1.54, 1.807) is 41.9 Å². The van der Waals surface area contributed by atoms with E-state index in [9.17, 15) is 8.42 Å². The molecule has 158 valence electrons. The van der Waals surface area contributed by atoms with Gasteiger partial charge in [0, 0.05) is 30.4 Å². The minimum atomic E-state index is -3.58. The highest BCUT2D eigenvalue weighted by atomic mass is 35.5. The van der Waals surface area contributed by atoms with Gasteiger partial charge in [-0.1, -0.05) is 12.1 Å². The number of hydrogen-bond donors (Lipinski definition) is 2. The maximum Gasteiger partial charge on any atom is 0.240 e. The first-order valence-electron chi connectivity index (χ1n) is 9.40. The van der Waals surface area contributed by atoms with E-state index in [4.69, 9.17) is 0 Å². The highest BCUT2D eigenvalue weighted by molar-refractivity contribution is 7.89. The summed E-state index contributed by atoms with van der Waals surface area (Å²) in [5.74, 6) is 0. The van der Waals surface area contributed by atoms with Crippen LogP contribution in [0.15, 0.2) is 65.3 Å². The third-order valence-electron chi connectivity index (χ3n) is 4.71. The zero-order chi connectivity index (χ0) is 20.3. The molecule has 0 aliphatic rings. The topological polar surface area (TPSA) is 84.0 Å². The molecule has 4 rings (SSSR count). The number of benzene rings is 2. The van der Waals surface area contributed by atoms with E-state index in [1.807, 2.05) is 18.5 Å². The number of nitrogens with one attached hydrogen (secondary N) is 2. The molecule has 30 heavy (non-hydrogen) atoms. The maximum absolute atomic E-state index is 12.7. The number of fused-ring (bicyclic) bond motifs is 2. The van der Waals surface area contributed by atoms with Crippen molar-refractivity contribution in [1.82, 2.24) is 20.0 Å². The zero-order valence-corrected chi connectivity index (χ0v) is 18.9. The fourth-order valence-corrected chi connectivity index (χ4v) is 5.15.